The van der Waals surface area contributed by atoms with Crippen LogP contribution < -0.4 is 10.2 Å². The Hall–Kier alpha value is -2.19. The molecule has 0 bridgehead atoms. The lowest BCUT2D eigenvalue weighted by atomic mass is 10.1. The number of halogens is 3. The summed E-state index contributed by atoms with van der Waals surface area (Å²) >= 11 is 1.36. The summed E-state index contributed by atoms with van der Waals surface area (Å²) in [5.41, 5.74) is 0.0575. The number of amides is 2. The summed E-state index contributed by atoms with van der Waals surface area (Å²) in [5.74, 6) is 0. The minimum atomic E-state index is -4.47. The molecule has 2 aromatic carbocycles. The lowest BCUT2D eigenvalue weighted by Gasteiger charge is -2.33. The number of hydrogen-bond donors (Lipinski definition) is 1. The molecule has 0 unspecified atom stereocenters. The van der Waals surface area contributed by atoms with Crippen LogP contribution in [0.2, 0.25) is 0 Å². The Bertz CT molecular complexity index is 866. The molecule has 2 aliphatic heterocycles. The second-order valence-electron chi connectivity index (χ2n) is 6.42. The van der Waals surface area contributed by atoms with Crippen molar-refractivity contribution in [1.82, 2.24) is 5.32 Å². The quantitative estimate of drug-likeness (QED) is 0.723. The SMILES string of the molecule is O=C(NC1CCOCC1)N1c2ccccc2Sc2ccc(C(F)(F)F)cc21. The average Bonchev–Trinajstić information content (AvgIpc) is 2.65. The zero-order valence-electron chi connectivity index (χ0n) is 14.3. The summed E-state index contributed by atoms with van der Waals surface area (Å²) in [5, 5.41) is 2.95. The van der Waals surface area contributed by atoms with Crippen molar-refractivity contribution in [2.24, 2.45) is 0 Å². The third kappa shape index (κ3) is 3.64. The number of para-hydroxylation sites is 1. The number of nitrogens with zero attached hydrogens (tertiary/aromatic N) is 1. The summed E-state index contributed by atoms with van der Waals surface area (Å²) in [7, 11) is 0. The number of anilines is 2. The van der Waals surface area contributed by atoms with Gasteiger partial charge >= 0.3 is 12.2 Å². The van der Waals surface area contributed by atoms with Gasteiger partial charge < -0.3 is 10.1 Å². The zero-order chi connectivity index (χ0) is 19.0. The predicted molar refractivity (Wildman–Crippen MR) is 96.5 cm³/mol. The number of benzene rings is 2. The molecule has 1 fully saturated rings. The molecule has 0 atom stereocenters. The van der Waals surface area contributed by atoms with Crippen LogP contribution in [0.5, 0.6) is 0 Å². The molecule has 2 heterocycles. The smallest absolute Gasteiger partial charge is 0.381 e. The van der Waals surface area contributed by atoms with Gasteiger partial charge in [-0.1, -0.05) is 23.9 Å². The van der Waals surface area contributed by atoms with Crippen molar-refractivity contribution in [3.8, 4) is 0 Å². The highest BCUT2D eigenvalue weighted by atomic mass is 32.2. The molecule has 0 spiro atoms. The van der Waals surface area contributed by atoms with Crippen LogP contribution in [0.3, 0.4) is 0 Å². The van der Waals surface area contributed by atoms with Crippen LogP contribution in [0.4, 0.5) is 29.3 Å². The third-order valence-corrected chi connectivity index (χ3v) is 5.74. The Morgan fingerprint density at radius 1 is 1.07 bits per heavy atom. The Kier molecular flexibility index (Phi) is 4.77. The highest BCUT2D eigenvalue weighted by Crippen LogP contribution is 2.49. The summed E-state index contributed by atoms with van der Waals surface area (Å²) in [6.45, 7) is 1.12. The molecule has 27 heavy (non-hydrogen) atoms. The second-order valence-corrected chi connectivity index (χ2v) is 7.51. The summed E-state index contributed by atoms with van der Waals surface area (Å²) in [6.07, 6.45) is -3.10. The number of hydrogen-bond acceptors (Lipinski definition) is 3. The molecule has 4 rings (SSSR count). The van der Waals surface area contributed by atoms with E-state index < -0.39 is 17.8 Å². The van der Waals surface area contributed by atoms with E-state index in [-0.39, 0.29) is 11.7 Å². The number of urea groups is 1. The van der Waals surface area contributed by atoms with Crippen LogP contribution in [-0.2, 0) is 10.9 Å². The summed E-state index contributed by atoms with van der Waals surface area (Å²) in [6, 6.07) is 10.3. The number of rotatable bonds is 1. The van der Waals surface area contributed by atoms with Crippen molar-refractivity contribution in [2.45, 2.75) is 34.9 Å². The fourth-order valence-electron chi connectivity index (χ4n) is 3.23. The van der Waals surface area contributed by atoms with Crippen LogP contribution in [-0.4, -0.2) is 25.3 Å². The fourth-order valence-corrected chi connectivity index (χ4v) is 4.27. The molecule has 0 aromatic heterocycles. The molecule has 2 aromatic rings. The van der Waals surface area contributed by atoms with Crippen molar-refractivity contribution >= 4 is 29.2 Å². The maximum Gasteiger partial charge on any atom is 0.416 e. The van der Waals surface area contributed by atoms with E-state index in [1.807, 2.05) is 12.1 Å². The van der Waals surface area contributed by atoms with Crippen LogP contribution >= 0.6 is 11.8 Å². The molecule has 0 aliphatic carbocycles. The Morgan fingerprint density at radius 3 is 2.52 bits per heavy atom. The molecule has 0 radical (unpaired) electrons. The van der Waals surface area contributed by atoms with Crippen LogP contribution in [0.15, 0.2) is 52.3 Å². The largest absolute Gasteiger partial charge is 0.416 e. The van der Waals surface area contributed by atoms with Gasteiger partial charge in [-0.15, -0.1) is 0 Å². The first kappa shape index (κ1) is 18.2. The van der Waals surface area contributed by atoms with E-state index in [2.05, 4.69) is 5.32 Å². The lowest BCUT2D eigenvalue weighted by Crippen LogP contribution is -2.45. The van der Waals surface area contributed by atoms with Gasteiger partial charge in [-0.2, -0.15) is 13.2 Å². The van der Waals surface area contributed by atoms with Gasteiger partial charge in [0.1, 0.15) is 0 Å². The van der Waals surface area contributed by atoms with E-state index in [4.69, 9.17) is 4.74 Å². The van der Waals surface area contributed by atoms with Gasteiger partial charge in [0.2, 0.25) is 0 Å². The van der Waals surface area contributed by atoms with E-state index >= 15 is 0 Å². The van der Waals surface area contributed by atoms with Gasteiger partial charge in [-0.05, 0) is 43.2 Å². The van der Waals surface area contributed by atoms with Crippen LogP contribution in [0.25, 0.3) is 0 Å². The van der Waals surface area contributed by atoms with Gasteiger partial charge in [-0.25, -0.2) is 4.79 Å². The molecular weight excluding hydrogens is 377 g/mol. The first-order valence-corrected chi connectivity index (χ1v) is 9.41. The zero-order valence-corrected chi connectivity index (χ0v) is 15.1. The maximum absolute atomic E-state index is 13.2. The average molecular weight is 394 g/mol. The van der Waals surface area contributed by atoms with Crippen molar-refractivity contribution in [2.75, 3.05) is 18.1 Å². The lowest BCUT2D eigenvalue weighted by molar-refractivity contribution is -0.137. The molecular formula is C19H17F3N2O2S. The molecule has 8 heteroatoms. The van der Waals surface area contributed by atoms with Crippen LogP contribution in [0, 0.1) is 0 Å². The Morgan fingerprint density at radius 2 is 1.78 bits per heavy atom. The number of nitrogens with one attached hydrogen (secondary N) is 1. The molecule has 4 nitrogen and oxygen atoms in total. The van der Waals surface area contributed by atoms with E-state index in [0.29, 0.717) is 36.6 Å². The Balaban J connectivity index is 1.73. The van der Waals surface area contributed by atoms with E-state index in [1.165, 1.54) is 22.7 Å². The van der Waals surface area contributed by atoms with Crippen LogP contribution in [0.1, 0.15) is 18.4 Å². The molecule has 142 valence electrons. The molecule has 0 saturated carbocycles. The van der Waals surface area contributed by atoms with E-state index in [0.717, 1.165) is 17.0 Å². The standard InChI is InChI=1S/C19H17F3N2O2S/c20-19(21,22)12-5-6-17-15(11-12)24(14-3-1-2-4-16(14)27-17)18(25)23-13-7-9-26-10-8-13/h1-6,11,13H,7-10H2,(H,23,25). The van der Waals surface area contributed by atoms with Crippen molar-refractivity contribution in [3.05, 3.63) is 48.0 Å². The number of fused-ring (bicyclic) bond motifs is 2. The summed E-state index contributed by atoms with van der Waals surface area (Å²) < 4.78 is 44.9. The Labute approximate surface area is 158 Å². The van der Waals surface area contributed by atoms with Gasteiger partial charge in [0, 0.05) is 29.0 Å². The highest BCUT2D eigenvalue weighted by molar-refractivity contribution is 7.99. The van der Waals surface area contributed by atoms with E-state index in [1.54, 1.807) is 12.1 Å². The molecule has 1 N–H and O–H groups in total. The number of ether oxygens (including phenoxy) is 1. The summed E-state index contributed by atoms with van der Waals surface area (Å²) in [4.78, 5) is 15.8. The van der Waals surface area contributed by atoms with Crippen molar-refractivity contribution in [3.63, 3.8) is 0 Å². The molecule has 2 aliphatic rings. The van der Waals surface area contributed by atoms with Gasteiger partial charge in [0.05, 0.1) is 16.9 Å². The van der Waals surface area contributed by atoms with Crippen molar-refractivity contribution in [1.29, 1.82) is 0 Å². The molecule has 1 saturated heterocycles. The normalized spacial score (nSPS) is 17.2. The monoisotopic (exact) mass is 394 g/mol. The third-order valence-electron chi connectivity index (χ3n) is 4.61. The predicted octanol–water partition coefficient (Wildman–Crippen LogP) is 5.20. The maximum atomic E-state index is 13.2. The second kappa shape index (κ2) is 7.09. The fraction of sp³-hybridized carbons (Fsp3) is 0.316. The highest BCUT2D eigenvalue weighted by Gasteiger charge is 2.35. The van der Waals surface area contributed by atoms with Gasteiger partial charge in [-0.3, -0.25) is 4.90 Å². The number of carbonyl (C=O) groups is 1. The molecule has 2 amide bonds. The number of alkyl halides is 3. The van der Waals surface area contributed by atoms with Gasteiger partial charge in [0.15, 0.2) is 0 Å². The minimum absolute atomic E-state index is 0.0535. The topological polar surface area (TPSA) is 41.6 Å². The van der Waals surface area contributed by atoms with Gasteiger partial charge in [0.25, 0.3) is 0 Å². The number of carbonyl (C=O) groups excluding carboxylic acids is 1. The van der Waals surface area contributed by atoms with E-state index in [9.17, 15) is 18.0 Å². The first-order chi connectivity index (χ1) is 12.9. The first-order valence-electron chi connectivity index (χ1n) is 8.60. The minimum Gasteiger partial charge on any atom is -0.381 e. The van der Waals surface area contributed by atoms with Crippen molar-refractivity contribution < 1.29 is 22.7 Å².